The molecule has 1 aromatic carbocycles. The number of ether oxygens (including phenoxy) is 1. The fourth-order valence-corrected chi connectivity index (χ4v) is 4.86. The lowest BCUT2D eigenvalue weighted by molar-refractivity contribution is -0.695. The molecule has 1 aliphatic rings. The van der Waals surface area contributed by atoms with Gasteiger partial charge in [0, 0.05) is 29.2 Å². The topological polar surface area (TPSA) is 119 Å². The molecule has 0 saturated carbocycles. The zero-order valence-electron chi connectivity index (χ0n) is 20.3. The number of aromatic nitrogens is 3. The number of esters is 1. The number of benzene rings is 1. The van der Waals surface area contributed by atoms with Gasteiger partial charge in [-0.2, -0.15) is 0 Å². The Hall–Kier alpha value is -3.85. The van der Waals surface area contributed by atoms with E-state index in [0.717, 1.165) is 0 Å². The van der Waals surface area contributed by atoms with Crippen LogP contribution in [0.25, 0.3) is 5.76 Å². The number of aryl methyl sites for hydroxylation is 2. The van der Waals surface area contributed by atoms with Crippen LogP contribution in [0.2, 0.25) is 5.02 Å². The number of imidazole rings is 1. The zero-order chi connectivity index (χ0) is 26.0. The molecule has 1 aliphatic heterocycles. The minimum Gasteiger partial charge on any atom is -0.507 e. The van der Waals surface area contributed by atoms with Crippen LogP contribution in [0.3, 0.4) is 0 Å². The number of H-pyrrole nitrogens is 2. The highest BCUT2D eigenvalue weighted by Gasteiger charge is 2.46. The first kappa shape index (κ1) is 25.2. The minimum atomic E-state index is -0.834. The number of aromatic amines is 2. The SMILES string of the molecule is CCOC(=O)c1[nH]c(C)c(/C(O)=C2\C(=O)C(=O)N(CCC[n+]3cc[nH]c3)C2c2cccc(Cl)c2)c1C. The van der Waals surface area contributed by atoms with Gasteiger partial charge in [0.25, 0.3) is 11.7 Å². The first-order valence-corrected chi connectivity index (χ1v) is 12.0. The number of ketones is 1. The van der Waals surface area contributed by atoms with Crippen molar-refractivity contribution in [2.24, 2.45) is 0 Å². The molecule has 36 heavy (non-hydrogen) atoms. The van der Waals surface area contributed by atoms with Crippen LogP contribution in [-0.2, 0) is 20.9 Å². The van der Waals surface area contributed by atoms with Crippen molar-refractivity contribution in [2.75, 3.05) is 13.2 Å². The largest absolute Gasteiger partial charge is 0.507 e. The van der Waals surface area contributed by atoms with Crippen molar-refractivity contribution >= 4 is 35.0 Å². The van der Waals surface area contributed by atoms with Crippen LogP contribution < -0.4 is 4.57 Å². The van der Waals surface area contributed by atoms with E-state index in [1.54, 1.807) is 57.6 Å². The monoisotopic (exact) mass is 511 g/mol. The summed E-state index contributed by atoms with van der Waals surface area (Å²) < 4.78 is 7.04. The van der Waals surface area contributed by atoms with Gasteiger partial charge in [0.15, 0.2) is 0 Å². The van der Waals surface area contributed by atoms with Crippen LogP contribution >= 0.6 is 11.6 Å². The normalized spacial score (nSPS) is 17.1. The third-order valence-electron chi connectivity index (χ3n) is 6.28. The molecule has 2 aromatic heterocycles. The fraction of sp³-hybridized carbons (Fsp3) is 0.308. The average molecular weight is 512 g/mol. The second kappa shape index (κ2) is 10.4. The van der Waals surface area contributed by atoms with Gasteiger partial charge < -0.3 is 19.7 Å². The van der Waals surface area contributed by atoms with E-state index in [-0.39, 0.29) is 30.2 Å². The fourth-order valence-electron chi connectivity index (χ4n) is 4.66. The molecule has 0 spiro atoms. The van der Waals surface area contributed by atoms with E-state index in [4.69, 9.17) is 16.3 Å². The van der Waals surface area contributed by atoms with Crippen molar-refractivity contribution in [1.29, 1.82) is 0 Å². The van der Waals surface area contributed by atoms with Crippen molar-refractivity contribution in [1.82, 2.24) is 14.9 Å². The van der Waals surface area contributed by atoms with E-state index in [1.807, 2.05) is 10.8 Å². The van der Waals surface area contributed by atoms with Gasteiger partial charge in [-0.3, -0.25) is 14.6 Å². The lowest BCUT2D eigenvalue weighted by Crippen LogP contribution is -2.36. The van der Waals surface area contributed by atoms with Gasteiger partial charge in [0.1, 0.15) is 23.8 Å². The Morgan fingerprint density at radius 3 is 2.72 bits per heavy atom. The molecule has 1 atom stereocenters. The number of rotatable bonds is 8. The lowest BCUT2D eigenvalue weighted by atomic mass is 9.94. The highest BCUT2D eigenvalue weighted by molar-refractivity contribution is 6.46. The maximum Gasteiger partial charge on any atom is 0.355 e. The van der Waals surface area contributed by atoms with Crippen molar-refractivity contribution in [3.8, 4) is 0 Å². The van der Waals surface area contributed by atoms with Crippen LogP contribution in [0, 0.1) is 13.8 Å². The number of amides is 1. The summed E-state index contributed by atoms with van der Waals surface area (Å²) in [6.45, 7) is 6.15. The van der Waals surface area contributed by atoms with E-state index < -0.39 is 23.7 Å². The van der Waals surface area contributed by atoms with Gasteiger partial charge in [-0.1, -0.05) is 23.7 Å². The Balaban J connectivity index is 1.79. The summed E-state index contributed by atoms with van der Waals surface area (Å²) in [4.78, 5) is 46.3. The summed E-state index contributed by atoms with van der Waals surface area (Å²) >= 11 is 6.25. The maximum absolute atomic E-state index is 13.3. The molecule has 4 rings (SSSR count). The van der Waals surface area contributed by atoms with Gasteiger partial charge in [-0.15, -0.1) is 0 Å². The van der Waals surface area contributed by atoms with Gasteiger partial charge in [-0.25, -0.2) is 9.36 Å². The number of likely N-dealkylation sites (tertiary alicyclic amines) is 1. The number of aliphatic hydroxyl groups excluding tert-OH is 1. The lowest BCUT2D eigenvalue weighted by Gasteiger charge is -2.25. The Kier molecular flexibility index (Phi) is 7.30. The minimum absolute atomic E-state index is 0.0443. The third kappa shape index (κ3) is 4.66. The number of nitrogens with one attached hydrogen (secondary N) is 2. The Bertz CT molecular complexity index is 1340. The first-order chi connectivity index (χ1) is 17.2. The zero-order valence-corrected chi connectivity index (χ0v) is 21.1. The van der Waals surface area contributed by atoms with E-state index in [1.165, 1.54) is 4.90 Å². The quantitative estimate of drug-likeness (QED) is 0.140. The molecular formula is C26H28ClN4O5+. The Morgan fingerprint density at radius 2 is 2.06 bits per heavy atom. The third-order valence-corrected chi connectivity index (χ3v) is 6.51. The molecule has 3 aromatic rings. The Morgan fingerprint density at radius 1 is 1.28 bits per heavy atom. The second-order valence-electron chi connectivity index (χ2n) is 8.60. The number of carbonyl (C=O) groups is 3. The van der Waals surface area contributed by atoms with Crippen molar-refractivity contribution in [2.45, 2.75) is 39.8 Å². The van der Waals surface area contributed by atoms with Crippen LogP contribution in [0.5, 0.6) is 0 Å². The van der Waals surface area contributed by atoms with Crippen LogP contribution in [0.1, 0.15) is 52.3 Å². The molecule has 10 heteroatoms. The molecule has 9 nitrogen and oxygen atoms in total. The number of nitrogens with zero attached hydrogens (tertiary/aromatic N) is 2. The first-order valence-electron chi connectivity index (χ1n) is 11.7. The summed E-state index contributed by atoms with van der Waals surface area (Å²) in [7, 11) is 0. The smallest absolute Gasteiger partial charge is 0.355 e. The predicted octanol–water partition coefficient (Wildman–Crippen LogP) is 3.59. The number of carbonyl (C=O) groups excluding carboxylic acids is 3. The summed E-state index contributed by atoms with van der Waals surface area (Å²) in [5.41, 5.74) is 1.96. The van der Waals surface area contributed by atoms with E-state index in [9.17, 15) is 19.5 Å². The number of halogens is 1. The Labute approximate surface area is 213 Å². The number of hydrogen-bond acceptors (Lipinski definition) is 5. The van der Waals surface area contributed by atoms with E-state index in [0.29, 0.717) is 40.4 Å². The molecule has 0 bridgehead atoms. The van der Waals surface area contributed by atoms with Crippen molar-refractivity contribution in [3.63, 3.8) is 0 Å². The van der Waals surface area contributed by atoms with Crippen LogP contribution in [0.15, 0.2) is 48.6 Å². The molecule has 0 radical (unpaired) electrons. The van der Waals surface area contributed by atoms with Gasteiger partial charge in [0.05, 0.1) is 24.8 Å². The molecular weight excluding hydrogens is 484 g/mol. The summed E-state index contributed by atoms with van der Waals surface area (Å²) in [5, 5.41) is 11.9. The highest BCUT2D eigenvalue weighted by Crippen LogP contribution is 2.41. The molecule has 0 aliphatic carbocycles. The molecule has 3 heterocycles. The van der Waals surface area contributed by atoms with Crippen LogP contribution in [-0.4, -0.2) is 50.8 Å². The molecule has 1 saturated heterocycles. The highest BCUT2D eigenvalue weighted by atomic mass is 35.5. The van der Waals surface area contributed by atoms with E-state index >= 15 is 0 Å². The standard InChI is InChI=1S/C26H27ClN4O5/c1-4-36-26(35)21-15(2)19(16(3)29-21)23(32)20-22(17-7-5-8-18(27)13-17)31(25(34)24(20)33)11-6-10-30-12-9-28-14-30/h5,7-9,12-14,22H,4,6,10-11H2,1-3H3,(H2,29,32,33,35)/p+1. The average Bonchev–Trinajstić information content (AvgIpc) is 3.52. The van der Waals surface area contributed by atoms with Crippen molar-refractivity contribution < 1.29 is 28.8 Å². The van der Waals surface area contributed by atoms with Gasteiger partial charge >= 0.3 is 5.97 Å². The van der Waals surface area contributed by atoms with E-state index in [2.05, 4.69) is 9.97 Å². The molecule has 1 amide bonds. The second-order valence-corrected chi connectivity index (χ2v) is 9.03. The van der Waals surface area contributed by atoms with Gasteiger partial charge in [-0.05, 0) is 44.0 Å². The summed E-state index contributed by atoms with van der Waals surface area (Å²) in [6.07, 6.45) is 6.06. The molecule has 1 fully saturated rings. The number of hydrogen-bond donors (Lipinski definition) is 3. The molecule has 1 unspecified atom stereocenters. The summed E-state index contributed by atoms with van der Waals surface area (Å²) in [5.74, 6) is -2.39. The summed E-state index contributed by atoms with van der Waals surface area (Å²) in [6, 6.07) is 6.05. The van der Waals surface area contributed by atoms with Crippen molar-refractivity contribution in [3.05, 3.63) is 81.7 Å². The number of aliphatic hydroxyl groups is 1. The van der Waals surface area contributed by atoms with Gasteiger partial charge in [0.2, 0.25) is 6.33 Å². The predicted molar refractivity (Wildman–Crippen MR) is 132 cm³/mol. The maximum atomic E-state index is 13.3. The molecule has 188 valence electrons. The van der Waals surface area contributed by atoms with Crippen LogP contribution in [0.4, 0.5) is 0 Å². The number of Topliss-reactive ketones (excluding diaryl/α,β-unsaturated/α-hetero) is 1. The molecule has 3 N–H and O–H groups in total.